The van der Waals surface area contributed by atoms with Gasteiger partial charge in [0.1, 0.15) is 6.04 Å². The van der Waals surface area contributed by atoms with E-state index in [0.717, 1.165) is 28.6 Å². The third kappa shape index (κ3) is 2.63. The van der Waals surface area contributed by atoms with E-state index in [2.05, 4.69) is 5.32 Å². The highest BCUT2D eigenvalue weighted by atomic mass is 32.2. The predicted octanol–water partition coefficient (Wildman–Crippen LogP) is 3.18. The molecule has 1 atom stereocenters. The molecular formula is C16H16N2OS2. The summed E-state index contributed by atoms with van der Waals surface area (Å²) in [6.07, 6.45) is 2.83. The van der Waals surface area contributed by atoms with Gasteiger partial charge in [0, 0.05) is 5.39 Å². The van der Waals surface area contributed by atoms with Gasteiger partial charge in [-0.3, -0.25) is 9.69 Å². The lowest BCUT2D eigenvalue weighted by Gasteiger charge is -2.17. The van der Waals surface area contributed by atoms with E-state index >= 15 is 0 Å². The van der Waals surface area contributed by atoms with Crippen LogP contribution in [-0.2, 0) is 4.79 Å². The first-order valence-corrected chi connectivity index (χ1v) is 8.64. The Bertz CT molecular complexity index is 696. The lowest BCUT2D eigenvalue weighted by molar-refractivity contribution is -0.118. The summed E-state index contributed by atoms with van der Waals surface area (Å²) in [6, 6.07) is 13.8. The fraction of sp³-hybridized carbons (Fsp3) is 0.250. The normalized spacial score (nSPS) is 18.3. The van der Waals surface area contributed by atoms with E-state index in [-0.39, 0.29) is 11.9 Å². The number of thiocarbonyl (C=S) groups is 1. The van der Waals surface area contributed by atoms with E-state index in [0.29, 0.717) is 5.11 Å². The van der Waals surface area contributed by atoms with Crippen LogP contribution in [0.3, 0.4) is 0 Å². The largest absolute Gasteiger partial charge is 0.350 e. The third-order valence-electron chi connectivity index (χ3n) is 3.64. The molecule has 1 saturated heterocycles. The number of nitrogens with zero attached hydrogens (tertiary/aromatic N) is 1. The summed E-state index contributed by atoms with van der Waals surface area (Å²) in [4.78, 5) is 14.3. The number of hydrogen-bond donors (Lipinski definition) is 1. The SMILES string of the molecule is CSCCC1NC(=S)N(c2cccc3ccccc23)C1=O. The summed E-state index contributed by atoms with van der Waals surface area (Å²) in [5, 5.41) is 5.80. The number of carbonyl (C=O) groups excluding carboxylic acids is 1. The number of hydrogen-bond acceptors (Lipinski definition) is 3. The molecule has 1 N–H and O–H groups in total. The maximum absolute atomic E-state index is 12.6. The molecule has 0 bridgehead atoms. The minimum Gasteiger partial charge on any atom is -0.350 e. The number of anilines is 1. The van der Waals surface area contributed by atoms with Crippen molar-refractivity contribution < 1.29 is 4.79 Å². The van der Waals surface area contributed by atoms with Crippen molar-refractivity contribution in [1.82, 2.24) is 5.32 Å². The molecule has 1 unspecified atom stereocenters. The summed E-state index contributed by atoms with van der Waals surface area (Å²) in [5.41, 5.74) is 0.863. The van der Waals surface area contributed by atoms with E-state index in [9.17, 15) is 4.79 Å². The fourth-order valence-corrected chi connectivity index (χ4v) is 3.40. The Hall–Kier alpha value is -1.59. The van der Waals surface area contributed by atoms with Crippen LogP contribution in [0.5, 0.6) is 0 Å². The molecule has 1 heterocycles. The Labute approximate surface area is 133 Å². The molecular weight excluding hydrogens is 300 g/mol. The van der Waals surface area contributed by atoms with E-state index in [4.69, 9.17) is 12.2 Å². The first-order valence-electron chi connectivity index (χ1n) is 6.83. The van der Waals surface area contributed by atoms with Gasteiger partial charge in [0.25, 0.3) is 5.91 Å². The third-order valence-corrected chi connectivity index (χ3v) is 4.58. The summed E-state index contributed by atoms with van der Waals surface area (Å²) >= 11 is 7.11. The summed E-state index contributed by atoms with van der Waals surface area (Å²) in [7, 11) is 0. The average Bonchev–Trinajstić information content (AvgIpc) is 2.79. The summed E-state index contributed by atoms with van der Waals surface area (Å²) < 4.78 is 0. The van der Waals surface area contributed by atoms with Crippen LogP contribution in [0, 0.1) is 0 Å². The molecule has 3 nitrogen and oxygen atoms in total. The minimum atomic E-state index is -0.205. The van der Waals surface area contributed by atoms with Crippen molar-refractivity contribution in [2.24, 2.45) is 0 Å². The molecule has 0 saturated carbocycles. The molecule has 2 aromatic rings. The number of amides is 1. The molecule has 1 aliphatic rings. The van der Waals surface area contributed by atoms with Crippen LogP contribution in [0.4, 0.5) is 5.69 Å². The molecule has 3 rings (SSSR count). The second-order valence-corrected chi connectivity index (χ2v) is 6.33. The Morgan fingerprint density at radius 1 is 1.24 bits per heavy atom. The van der Waals surface area contributed by atoms with E-state index in [1.165, 1.54) is 0 Å². The molecule has 0 radical (unpaired) electrons. The number of thioether (sulfide) groups is 1. The molecule has 21 heavy (non-hydrogen) atoms. The second kappa shape index (κ2) is 6.03. The first kappa shape index (κ1) is 14.4. The molecule has 0 aromatic heterocycles. The summed E-state index contributed by atoms with van der Waals surface area (Å²) in [5.74, 6) is 0.987. The van der Waals surface area contributed by atoms with Crippen LogP contribution in [0.25, 0.3) is 10.8 Å². The topological polar surface area (TPSA) is 32.3 Å². The average molecular weight is 316 g/mol. The highest BCUT2D eigenvalue weighted by molar-refractivity contribution is 7.98. The highest BCUT2D eigenvalue weighted by Crippen LogP contribution is 2.29. The van der Waals surface area contributed by atoms with Gasteiger partial charge in [-0.2, -0.15) is 11.8 Å². The van der Waals surface area contributed by atoms with Crippen LogP contribution < -0.4 is 10.2 Å². The Balaban J connectivity index is 1.99. The minimum absolute atomic E-state index is 0.0467. The van der Waals surface area contributed by atoms with Crippen molar-refractivity contribution in [3.63, 3.8) is 0 Å². The van der Waals surface area contributed by atoms with Crippen LogP contribution in [0.2, 0.25) is 0 Å². The van der Waals surface area contributed by atoms with Gasteiger partial charge < -0.3 is 5.32 Å². The predicted molar refractivity (Wildman–Crippen MR) is 94.0 cm³/mol. The molecule has 5 heteroatoms. The van der Waals surface area contributed by atoms with E-state index < -0.39 is 0 Å². The van der Waals surface area contributed by atoms with Crippen LogP contribution in [-0.4, -0.2) is 29.1 Å². The van der Waals surface area contributed by atoms with Gasteiger partial charge >= 0.3 is 0 Å². The van der Waals surface area contributed by atoms with Crippen molar-refractivity contribution in [3.05, 3.63) is 42.5 Å². The fourth-order valence-electron chi connectivity index (χ4n) is 2.59. The maximum atomic E-state index is 12.6. The van der Waals surface area contributed by atoms with Crippen molar-refractivity contribution in [1.29, 1.82) is 0 Å². The Morgan fingerprint density at radius 2 is 2.00 bits per heavy atom. The van der Waals surface area contributed by atoms with Crippen LogP contribution in [0.15, 0.2) is 42.5 Å². The molecule has 1 amide bonds. The zero-order valence-electron chi connectivity index (χ0n) is 11.7. The zero-order chi connectivity index (χ0) is 14.8. The van der Waals surface area contributed by atoms with E-state index in [1.807, 2.05) is 48.7 Å². The van der Waals surface area contributed by atoms with Gasteiger partial charge in [-0.15, -0.1) is 0 Å². The smallest absolute Gasteiger partial charge is 0.255 e. The molecule has 1 fully saturated rings. The first-order chi connectivity index (χ1) is 10.2. The van der Waals surface area contributed by atoms with Gasteiger partial charge in [-0.25, -0.2) is 0 Å². The second-order valence-electron chi connectivity index (χ2n) is 4.96. The van der Waals surface area contributed by atoms with E-state index in [1.54, 1.807) is 16.7 Å². The molecule has 108 valence electrons. The maximum Gasteiger partial charge on any atom is 0.255 e. The van der Waals surface area contributed by atoms with Crippen molar-refractivity contribution in [2.45, 2.75) is 12.5 Å². The van der Waals surface area contributed by atoms with Crippen LogP contribution >= 0.6 is 24.0 Å². The molecule has 1 aliphatic heterocycles. The van der Waals surface area contributed by atoms with Crippen LogP contribution in [0.1, 0.15) is 6.42 Å². The van der Waals surface area contributed by atoms with Crippen molar-refractivity contribution in [3.8, 4) is 0 Å². The standard InChI is InChI=1S/C16H16N2OS2/c1-21-10-9-13-15(19)18(16(20)17-13)14-8-4-6-11-5-2-3-7-12(11)14/h2-8,13H,9-10H2,1H3,(H,17,20). The highest BCUT2D eigenvalue weighted by Gasteiger charge is 2.36. The number of nitrogens with one attached hydrogen (secondary N) is 1. The lowest BCUT2D eigenvalue weighted by Crippen LogP contribution is -2.31. The lowest BCUT2D eigenvalue weighted by atomic mass is 10.1. The summed E-state index contributed by atoms with van der Waals surface area (Å²) in [6.45, 7) is 0. The van der Waals surface area contributed by atoms with Gasteiger partial charge in [-0.05, 0) is 42.1 Å². The monoisotopic (exact) mass is 316 g/mol. The Kier molecular flexibility index (Phi) is 4.12. The zero-order valence-corrected chi connectivity index (χ0v) is 13.3. The number of benzene rings is 2. The molecule has 0 aliphatic carbocycles. The van der Waals surface area contributed by atoms with Crippen molar-refractivity contribution >= 4 is 51.5 Å². The number of fused-ring (bicyclic) bond motifs is 1. The quantitative estimate of drug-likeness (QED) is 0.878. The number of rotatable bonds is 4. The molecule has 0 spiro atoms. The van der Waals surface area contributed by atoms with Gasteiger partial charge in [-0.1, -0.05) is 36.4 Å². The van der Waals surface area contributed by atoms with Gasteiger partial charge in [0.05, 0.1) is 5.69 Å². The van der Waals surface area contributed by atoms with Crippen molar-refractivity contribution in [2.75, 3.05) is 16.9 Å². The van der Waals surface area contributed by atoms with Gasteiger partial charge in [0.2, 0.25) is 0 Å². The molecule has 2 aromatic carbocycles. The van der Waals surface area contributed by atoms with Gasteiger partial charge in [0.15, 0.2) is 5.11 Å². The number of carbonyl (C=O) groups is 1. The Morgan fingerprint density at radius 3 is 2.81 bits per heavy atom.